The molecule has 0 saturated carbocycles. The van der Waals surface area contributed by atoms with Gasteiger partial charge in [-0.25, -0.2) is 4.68 Å². The van der Waals surface area contributed by atoms with Gasteiger partial charge in [-0.15, -0.1) is 5.92 Å². The van der Waals surface area contributed by atoms with Crippen molar-refractivity contribution in [2.45, 2.75) is 78.6 Å². The van der Waals surface area contributed by atoms with Crippen LogP contribution >= 0.6 is 0 Å². The van der Waals surface area contributed by atoms with E-state index in [1.165, 1.54) is 11.1 Å². The zero-order valence-electron chi connectivity index (χ0n) is 22.8. The average molecular weight is 506 g/mol. The molecule has 1 aromatic carbocycles. The molecule has 3 heterocycles. The molecule has 0 aliphatic carbocycles. The number of benzene rings is 1. The zero-order chi connectivity index (χ0) is 26.9. The summed E-state index contributed by atoms with van der Waals surface area (Å²) in [6.07, 6.45) is 0.0944. The summed E-state index contributed by atoms with van der Waals surface area (Å²) in [5, 5.41) is 18.3. The summed E-state index contributed by atoms with van der Waals surface area (Å²) in [7, 11) is 0. The lowest BCUT2D eigenvalue weighted by atomic mass is 9.80. The number of likely N-dealkylation sites (tertiary alicyclic amines) is 1. The number of amides is 2. The molecule has 1 aromatic heterocycles. The molecule has 2 saturated heterocycles. The Hall–Kier alpha value is -3.15. The first-order valence-electron chi connectivity index (χ1n) is 13.1. The highest BCUT2D eigenvalue weighted by Gasteiger charge is 2.54. The van der Waals surface area contributed by atoms with Gasteiger partial charge in [0.05, 0.1) is 24.0 Å². The highest BCUT2D eigenvalue weighted by atomic mass is 16.3. The van der Waals surface area contributed by atoms with Gasteiger partial charge >= 0.3 is 0 Å². The molecular weight excluding hydrogens is 466 g/mol. The average Bonchev–Trinajstić information content (AvgIpc) is 3.15. The molecule has 8 heteroatoms. The van der Waals surface area contributed by atoms with Gasteiger partial charge in [-0.05, 0) is 58.6 Å². The Morgan fingerprint density at radius 1 is 1.14 bits per heavy atom. The Balaban J connectivity index is 1.52. The molecule has 0 radical (unpaired) electrons. The van der Waals surface area contributed by atoms with Crippen LogP contribution in [-0.4, -0.2) is 73.8 Å². The smallest absolute Gasteiger partial charge is 0.249 e. The largest absolute Gasteiger partial charge is 0.390 e. The van der Waals surface area contributed by atoms with Crippen molar-refractivity contribution in [2.24, 2.45) is 5.92 Å². The first-order chi connectivity index (χ1) is 17.6. The first-order valence-corrected chi connectivity index (χ1v) is 13.1. The van der Waals surface area contributed by atoms with Crippen LogP contribution in [0.3, 0.4) is 0 Å². The fourth-order valence-electron chi connectivity index (χ4n) is 5.49. The van der Waals surface area contributed by atoms with Gasteiger partial charge in [0.25, 0.3) is 0 Å². The molecule has 2 unspecified atom stereocenters. The van der Waals surface area contributed by atoms with E-state index in [4.69, 9.17) is 5.10 Å². The number of aryl methyl sites for hydroxylation is 2. The molecule has 2 aliphatic rings. The number of aliphatic hydroxyl groups is 1. The van der Waals surface area contributed by atoms with Crippen molar-refractivity contribution < 1.29 is 14.7 Å². The lowest BCUT2D eigenvalue weighted by Crippen LogP contribution is -2.74. The minimum atomic E-state index is -0.944. The minimum Gasteiger partial charge on any atom is -0.390 e. The summed E-state index contributed by atoms with van der Waals surface area (Å²) >= 11 is 0. The number of hydrogen-bond acceptors (Lipinski definition) is 5. The fourth-order valence-corrected chi connectivity index (χ4v) is 5.49. The molecule has 2 aliphatic heterocycles. The van der Waals surface area contributed by atoms with Gasteiger partial charge < -0.3 is 15.3 Å². The van der Waals surface area contributed by atoms with E-state index in [1.807, 2.05) is 25.5 Å². The second-order valence-corrected chi connectivity index (χ2v) is 10.7. The highest BCUT2D eigenvalue weighted by molar-refractivity contribution is 6.00. The lowest BCUT2D eigenvalue weighted by Gasteiger charge is -2.51. The van der Waals surface area contributed by atoms with E-state index in [0.717, 1.165) is 23.6 Å². The van der Waals surface area contributed by atoms with E-state index < -0.39 is 17.7 Å². The number of piperidine rings is 1. The van der Waals surface area contributed by atoms with Gasteiger partial charge in [-0.2, -0.15) is 5.10 Å². The van der Waals surface area contributed by atoms with Gasteiger partial charge in [0.15, 0.2) is 0 Å². The van der Waals surface area contributed by atoms with Crippen LogP contribution in [0.25, 0.3) is 5.69 Å². The number of carbonyl (C=O) groups is 2. The summed E-state index contributed by atoms with van der Waals surface area (Å²) in [6.45, 7) is 13.9. The molecular formula is C29H39N5O3. The van der Waals surface area contributed by atoms with Crippen LogP contribution < -0.4 is 5.32 Å². The third-order valence-electron chi connectivity index (χ3n) is 7.98. The van der Waals surface area contributed by atoms with Crippen LogP contribution in [-0.2, 0) is 16.1 Å². The Morgan fingerprint density at radius 3 is 2.38 bits per heavy atom. The predicted molar refractivity (Wildman–Crippen MR) is 143 cm³/mol. The van der Waals surface area contributed by atoms with E-state index in [0.29, 0.717) is 25.9 Å². The normalized spacial score (nSPS) is 20.6. The molecule has 8 nitrogen and oxygen atoms in total. The van der Waals surface area contributed by atoms with Crippen molar-refractivity contribution in [3.63, 3.8) is 0 Å². The third kappa shape index (κ3) is 5.03. The monoisotopic (exact) mass is 505 g/mol. The Labute approximate surface area is 220 Å². The van der Waals surface area contributed by atoms with Crippen LogP contribution in [0.4, 0.5) is 0 Å². The van der Waals surface area contributed by atoms with Gasteiger partial charge in [-0.1, -0.05) is 37.5 Å². The molecule has 2 atom stereocenters. The zero-order valence-corrected chi connectivity index (χ0v) is 22.8. The number of aliphatic hydroxyl groups excluding tert-OH is 1. The van der Waals surface area contributed by atoms with Crippen LogP contribution in [0, 0.1) is 38.5 Å². The van der Waals surface area contributed by atoms with Crippen molar-refractivity contribution in [1.29, 1.82) is 0 Å². The van der Waals surface area contributed by atoms with Gasteiger partial charge in [-0.3, -0.25) is 14.5 Å². The molecule has 4 rings (SSSR count). The molecule has 2 aromatic rings. The van der Waals surface area contributed by atoms with E-state index in [2.05, 4.69) is 60.2 Å². The molecule has 198 valence electrons. The number of hydrogen-bond donors (Lipinski definition) is 2. The molecule has 0 bridgehead atoms. The van der Waals surface area contributed by atoms with E-state index in [9.17, 15) is 14.7 Å². The molecule has 2 amide bonds. The minimum absolute atomic E-state index is 0.156. The van der Waals surface area contributed by atoms with Crippen LogP contribution in [0.5, 0.6) is 0 Å². The SMILES string of the molecule is CC#CCN1C(=O)C(C(O)C(C)C)NC(=O)C12CCN(Cc1c(C)nn(-c3ccc(C)cc3)c1C)CC2. The highest BCUT2D eigenvalue weighted by Crippen LogP contribution is 2.34. The van der Waals surface area contributed by atoms with Crippen LogP contribution in [0.2, 0.25) is 0 Å². The maximum atomic E-state index is 13.5. The van der Waals surface area contributed by atoms with Gasteiger partial charge in [0.2, 0.25) is 11.8 Å². The standard InChI is InChI=1S/C29H39N5O3/c1-7-8-15-33-27(36)25(26(35)19(2)3)30-28(37)29(33)13-16-32(17-14-29)18-24-21(5)31-34(22(24)6)23-11-9-20(4)10-12-23/h9-12,19,25-26,35H,13-18H2,1-6H3,(H,30,37). The van der Waals surface area contributed by atoms with Crippen molar-refractivity contribution >= 4 is 11.8 Å². The topological polar surface area (TPSA) is 90.7 Å². The summed E-state index contributed by atoms with van der Waals surface area (Å²) < 4.78 is 1.99. The maximum absolute atomic E-state index is 13.5. The van der Waals surface area contributed by atoms with Crippen LogP contribution in [0.15, 0.2) is 24.3 Å². The Morgan fingerprint density at radius 2 is 1.78 bits per heavy atom. The summed E-state index contributed by atoms with van der Waals surface area (Å²) in [5.41, 5.74) is 4.60. The van der Waals surface area contributed by atoms with E-state index >= 15 is 0 Å². The lowest BCUT2D eigenvalue weighted by molar-refractivity contribution is -0.164. The van der Waals surface area contributed by atoms with Crippen molar-refractivity contribution in [3.05, 3.63) is 46.8 Å². The number of aromatic nitrogens is 2. The number of rotatable bonds is 6. The van der Waals surface area contributed by atoms with E-state index in [1.54, 1.807) is 11.8 Å². The summed E-state index contributed by atoms with van der Waals surface area (Å²) in [5.74, 6) is 5.25. The van der Waals surface area contributed by atoms with Crippen molar-refractivity contribution in [3.8, 4) is 17.5 Å². The summed E-state index contributed by atoms with van der Waals surface area (Å²) in [4.78, 5) is 30.9. The summed E-state index contributed by atoms with van der Waals surface area (Å²) in [6, 6.07) is 7.41. The first kappa shape index (κ1) is 26.9. The Bertz CT molecular complexity index is 1210. The number of carbonyl (C=O) groups excluding carboxylic acids is 2. The van der Waals surface area contributed by atoms with Crippen molar-refractivity contribution in [1.82, 2.24) is 24.9 Å². The molecule has 2 N–H and O–H groups in total. The quantitative estimate of drug-likeness (QED) is 0.589. The molecule has 2 fully saturated rings. The number of piperazine rings is 1. The maximum Gasteiger partial charge on any atom is 0.249 e. The third-order valence-corrected chi connectivity index (χ3v) is 7.98. The molecule has 1 spiro atoms. The Kier molecular flexibility index (Phi) is 7.77. The van der Waals surface area contributed by atoms with E-state index in [-0.39, 0.29) is 24.3 Å². The second-order valence-electron chi connectivity index (χ2n) is 10.7. The molecule has 37 heavy (non-hydrogen) atoms. The van der Waals surface area contributed by atoms with Crippen molar-refractivity contribution in [2.75, 3.05) is 19.6 Å². The number of nitrogens with one attached hydrogen (secondary N) is 1. The van der Waals surface area contributed by atoms with Gasteiger partial charge in [0.1, 0.15) is 11.6 Å². The van der Waals surface area contributed by atoms with Gasteiger partial charge in [0, 0.05) is 30.9 Å². The predicted octanol–water partition coefficient (Wildman–Crippen LogP) is 2.50. The second kappa shape index (κ2) is 10.7. The number of nitrogens with zero attached hydrogens (tertiary/aromatic N) is 4. The van der Waals surface area contributed by atoms with Crippen LogP contribution in [0.1, 0.15) is 56.1 Å². The fraction of sp³-hybridized carbons (Fsp3) is 0.552.